The molecule has 4 atom stereocenters. The number of aryl methyl sites for hydroxylation is 1. The van der Waals surface area contributed by atoms with Crippen molar-refractivity contribution in [1.29, 1.82) is 0 Å². The minimum absolute atomic E-state index is 0.362. The fourth-order valence-electron chi connectivity index (χ4n) is 4.32. The summed E-state index contributed by atoms with van der Waals surface area (Å²) in [5.41, 5.74) is 3.48. The lowest BCUT2D eigenvalue weighted by Crippen LogP contribution is -2.45. The maximum absolute atomic E-state index is 4.06. The minimum atomic E-state index is 0.362. The molecule has 0 amide bonds. The molecule has 1 saturated carbocycles. The Morgan fingerprint density at radius 2 is 1.81 bits per heavy atom. The minimum Gasteiger partial charge on any atom is -0.307 e. The fourth-order valence-corrected chi connectivity index (χ4v) is 4.32. The Hall–Kier alpha value is -0.820. The van der Waals surface area contributed by atoms with Crippen LogP contribution in [0.4, 0.5) is 0 Å². The molecule has 21 heavy (non-hydrogen) atoms. The number of benzene rings is 1. The van der Waals surface area contributed by atoms with E-state index in [1.807, 2.05) is 0 Å². The van der Waals surface area contributed by atoms with Crippen LogP contribution in [0.1, 0.15) is 70.5 Å². The number of hydrogen-bond donors (Lipinski definition) is 1. The maximum Gasteiger partial charge on any atom is 0.0376 e. The molecular weight excluding hydrogens is 254 g/mol. The Morgan fingerprint density at radius 1 is 1.05 bits per heavy atom. The van der Waals surface area contributed by atoms with Gasteiger partial charge in [-0.3, -0.25) is 0 Å². The predicted octanol–water partition coefficient (Wildman–Crippen LogP) is 5.11. The van der Waals surface area contributed by atoms with Crippen molar-refractivity contribution < 1.29 is 0 Å². The Kier molecular flexibility index (Phi) is 4.14. The second kappa shape index (κ2) is 5.76. The summed E-state index contributed by atoms with van der Waals surface area (Å²) in [5, 5.41) is 4.06. The topological polar surface area (TPSA) is 12.0 Å². The molecule has 0 saturated heterocycles. The van der Waals surface area contributed by atoms with Gasteiger partial charge in [0.25, 0.3) is 0 Å². The SMILES string of the molecule is CC1CCC(NC2c3ccccc3CCC2(C)C)CC1C. The molecular formula is C20H31N. The van der Waals surface area contributed by atoms with E-state index in [1.54, 1.807) is 11.1 Å². The molecule has 0 radical (unpaired) electrons. The molecule has 0 bridgehead atoms. The summed E-state index contributed by atoms with van der Waals surface area (Å²) in [6, 6.07) is 10.3. The van der Waals surface area contributed by atoms with Gasteiger partial charge in [-0.25, -0.2) is 0 Å². The van der Waals surface area contributed by atoms with Crippen molar-refractivity contribution in [3.63, 3.8) is 0 Å². The van der Waals surface area contributed by atoms with Crippen molar-refractivity contribution in [3.05, 3.63) is 35.4 Å². The van der Waals surface area contributed by atoms with Crippen LogP contribution in [-0.4, -0.2) is 6.04 Å². The van der Waals surface area contributed by atoms with Crippen molar-refractivity contribution in [1.82, 2.24) is 5.32 Å². The summed E-state index contributed by atoms with van der Waals surface area (Å²) in [6.07, 6.45) is 6.60. The zero-order valence-corrected chi connectivity index (χ0v) is 14.2. The van der Waals surface area contributed by atoms with E-state index in [4.69, 9.17) is 0 Å². The second-order valence-corrected chi connectivity index (χ2v) is 8.25. The molecule has 2 aliphatic rings. The second-order valence-electron chi connectivity index (χ2n) is 8.25. The average molecular weight is 285 g/mol. The first-order valence-corrected chi connectivity index (χ1v) is 8.81. The van der Waals surface area contributed by atoms with Crippen LogP contribution in [0, 0.1) is 17.3 Å². The number of fused-ring (bicyclic) bond motifs is 1. The smallest absolute Gasteiger partial charge is 0.0376 e. The third-order valence-corrected chi connectivity index (χ3v) is 6.19. The highest BCUT2D eigenvalue weighted by molar-refractivity contribution is 5.34. The fraction of sp³-hybridized carbons (Fsp3) is 0.700. The summed E-state index contributed by atoms with van der Waals surface area (Å²) < 4.78 is 0. The van der Waals surface area contributed by atoms with Crippen LogP contribution in [0.15, 0.2) is 24.3 Å². The molecule has 1 heteroatoms. The number of hydrogen-bond acceptors (Lipinski definition) is 1. The van der Waals surface area contributed by atoms with Crippen LogP contribution < -0.4 is 5.32 Å². The van der Waals surface area contributed by atoms with E-state index < -0.39 is 0 Å². The molecule has 1 fully saturated rings. The third-order valence-electron chi connectivity index (χ3n) is 6.19. The Bertz CT molecular complexity index is 490. The van der Waals surface area contributed by atoms with E-state index in [-0.39, 0.29) is 0 Å². The van der Waals surface area contributed by atoms with Crippen LogP contribution in [0.5, 0.6) is 0 Å². The molecule has 0 spiro atoms. The van der Waals surface area contributed by atoms with Gasteiger partial charge >= 0.3 is 0 Å². The summed E-state index contributed by atoms with van der Waals surface area (Å²) in [5.74, 6) is 1.76. The van der Waals surface area contributed by atoms with Gasteiger partial charge < -0.3 is 5.32 Å². The first-order chi connectivity index (χ1) is 9.97. The zero-order valence-electron chi connectivity index (χ0n) is 14.2. The number of nitrogens with one attached hydrogen (secondary N) is 1. The molecule has 1 aromatic rings. The largest absolute Gasteiger partial charge is 0.307 e. The predicted molar refractivity (Wildman–Crippen MR) is 90.4 cm³/mol. The van der Waals surface area contributed by atoms with Gasteiger partial charge in [-0.1, -0.05) is 52.0 Å². The van der Waals surface area contributed by atoms with Crippen LogP contribution >= 0.6 is 0 Å². The van der Waals surface area contributed by atoms with Gasteiger partial charge in [-0.05, 0) is 60.5 Å². The molecule has 0 aliphatic heterocycles. The van der Waals surface area contributed by atoms with Crippen molar-refractivity contribution in [3.8, 4) is 0 Å². The Morgan fingerprint density at radius 3 is 2.57 bits per heavy atom. The first kappa shape index (κ1) is 15.1. The molecule has 0 aromatic heterocycles. The van der Waals surface area contributed by atoms with Crippen molar-refractivity contribution in [2.24, 2.45) is 17.3 Å². The zero-order chi connectivity index (χ0) is 15.0. The van der Waals surface area contributed by atoms with E-state index in [1.165, 1.54) is 32.1 Å². The molecule has 2 aliphatic carbocycles. The van der Waals surface area contributed by atoms with E-state index in [0.29, 0.717) is 17.5 Å². The lowest BCUT2D eigenvalue weighted by Gasteiger charge is -2.44. The molecule has 0 heterocycles. The lowest BCUT2D eigenvalue weighted by atomic mass is 9.69. The highest BCUT2D eigenvalue weighted by atomic mass is 15.0. The van der Waals surface area contributed by atoms with Crippen molar-refractivity contribution in [2.45, 2.75) is 71.9 Å². The standard InChI is InChI=1S/C20H31N/c1-14-9-10-17(13-15(14)2)21-19-18-8-6-5-7-16(18)11-12-20(19,3)4/h5-8,14-15,17,19,21H,9-13H2,1-4H3. The average Bonchev–Trinajstić information content (AvgIpc) is 2.46. The third kappa shape index (κ3) is 3.04. The lowest BCUT2D eigenvalue weighted by molar-refractivity contribution is 0.153. The van der Waals surface area contributed by atoms with Gasteiger partial charge in [0.05, 0.1) is 0 Å². The summed E-state index contributed by atoms with van der Waals surface area (Å²) in [7, 11) is 0. The molecule has 116 valence electrons. The van der Waals surface area contributed by atoms with Gasteiger partial charge in [0, 0.05) is 12.1 Å². The monoisotopic (exact) mass is 285 g/mol. The highest BCUT2D eigenvalue weighted by Crippen LogP contribution is 2.44. The summed E-state index contributed by atoms with van der Waals surface area (Å²) in [6.45, 7) is 9.73. The highest BCUT2D eigenvalue weighted by Gasteiger charge is 2.37. The van der Waals surface area contributed by atoms with Crippen LogP contribution in [0.3, 0.4) is 0 Å². The molecule has 1 aromatic carbocycles. The van der Waals surface area contributed by atoms with Gasteiger partial charge in [-0.15, -0.1) is 0 Å². The van der Waals surface area contributed by atoms with Crippen LogP contribution in [0.25, 0.3) is 0 Å². The van der Waals surface area contributed by atoms with Crippen LogP contribution in [-0.2, 0) is 6.42 Å². The normalized spacial score (nSPS) is 35.2. The van der Waals surface area contributed by atoms with Gasteiger partial charge in [-0.2, -0.15) is 0 Å². The van der Waals surface area contributed by atoms with Gasteiger partial charge in [0.2, 0.25) is 0 Å². The van der Waals surface area contributed by atoms with Crippen molar-refractivity contribution in [2.75, 3.05) is 0 Å². The molecule has 3 rings (SSSR count). The van der Waals surface area contributed by atoms with E-state index in [0.717, 1.165) is 11.8 Å². The first-order valence-electron chi connectivity index (χ1n) is 8.81. The summed E-state index contributed by atoms with van der Waals surface area (Å²) >= 11 is 0. The molecule has 1 nitrogen and oxygen atoms in total. The number of rotatable bonds is 2. The van der Waals surface area contributed by atoms with Gasteiger partial charge in [0.15, 0.2) is 0 Å². The summed E-state index contributed by atoms with van der Waals surface area (Å²) in [4.78, 5) is 0. The van der Waals surface area contributed by atoms with Crippen molar-refractivity contribution >= 4 is 0 Å². The quantitative estimate of drug-likeness (QED) is 0.795. The Balaban J connectivity index is 1.80. The molecule has 4 unspecified atom stereocenters. The maximum atomic E-state index is 4.06. The van der Waals surface area contributed by atoms with Gasteiger partial charge in [0.1, 0.15) is 0 Å². The van der Waals surface area contributed by atoms with E-state index in [2.05, 4.69) is 57.3 Å². The molecule has 1 N–H and O–H groups in total. The van der Waals surface area contributed by atoms with E-state index in [9.17, 15) is 0 Å². The van der Waals surface area contributed by atoms with Crippen LogP contribution in [0.2, 0.25) is 0 Å². The Labute approximate surface area is 130 Å². The van der Waals surface area contributed by atoms with E-state index >= 15 is 0 Å².